The second-order valence-electron chi connectivity index (χ2n) is 4.39. The van der Waals surface area contributed by atoms with Gasteiger partial charge < -0.3 is 19.0 Å². The maximum atomic E-state index is 11.7. The van der Waals surface area contributed by atoms with Crippen molar-refractivity contribution in [1.82, 2.24) is 0 Å². The number of esters is 2. The number of hydrogen-bond acceptors (Lipinski definition) is 8. The number of nitrogens with zero attached hydrogens (tertiary/aromatic N) is 1. The Balaban J connectivity index is 2.42. The second-order valence-corrected chi connectivity index (χ2v) is 4.39. The quantitative estimate of drug-likeness (QED) is 0.208. The molecule has 0 atom stereocenters. The number of ether oxygens (including phenoxy) is 3. The van der Waals surface area contributed by atoms with Gasteiger partial charge in [0.25, 0.3) is 5.09 Å². The molecule has 0 heterocycles. The Kier molecular flexibility index (Phi) is 7.92. The topological polar surface area (TPSA) is 114 Å². The minimum atomic E-state index is -0.922. The molecule has 0 saturated heterocycles. The lowest BCUT2D eigenvalue weighted by atomic mass is 10.2. The Morgan fingerprint density at radius 2 is 2.00 bits per heavy atom. The van der Waals surface area contributed by atoms with Crippen molar-refractivity contribution in [2.45, 2.75) is 13.3 Å². The van der Waals surface area contributed by atoms with E-state index in [9.17, 15) is 19.7 Å². The molecule has 1 rings (SSSR count). The van der Waals surface area contributed by atoms with Gasteiger partial charge in [0.2, 0.25) is 0 Å². The Bertz CT molecular complexity index is 613. The zero-order chi connectivity index (χ0) is 17.9. The SMILES string of the molecule is C=Cc1cc(OC(=O)CCOCCO[N+](=O)[O-])ccc1OC(C)=O. The van der Waals surface area contributed by atoms with Crippen molar-refractivity contribution < 1.29 is 33.7 Å². The van der Waals surface area contributed by atoms with E-state index in [0.29, 0.717) is 11.3 Å². The minimum absolute atomic E-state index is 0.00798. The van der Waals surface area contributed by atoms with Gasteiger partial charge in [-0.25, -0.2) is 0 Å². The molecule has 0 amide bonds. The van der Waals surface area contributed by atoms with Crippen LogP contribution in [0.25, 0.3) is 6.08 Å². The van der Waals surface area contributed by atoms with Gasteiger partial charge in [-0.15, -0.1) is 10.1 Å². The smallest absolute Gasteiger partial charge is 0.313 e. The molecule has 0 N–H and O–H groups in total. The van der Waals surface area contributed by atoms with E-state index in [1.54, 1.807) is 0 Å². The zero-order valence-corrected chi connectivity index (χ0v) is 13.1. The molecule has 0 bridgehead atoms. The number of rotatable bonds is 10. The molecule has 9 heteroatoms. The maximum absolute atomic E-state index is 11.7. The van der Waals surface area contributed by atoms with Crippen LogP contribution < -0.4 is 9.47 Å². The van der Waals surface area contributed by atoms with Crippen LogP contribution in [0.2, 0.25) is 0 Å². The summed E-state index contributed by atoms with van der Waals surface area (Å²) in [5.41, 5.74) is 0.503. The fourth-order valence-corrected chi connectivity index (χ4v) is 1.61. The molecule has 0 radical (unpaired) electrons. The lowest BCUT2D eigenvalue weighted by Gasteiger charge is -2.09. The Hall–Kier alpha value is -2.94. The summed E-state index contributed by atoms with van der Waals surface area (Å²) in [6, 6.07) is 4.48. The molecule has 0 unspecified atom stereocenters. The van der Waals surface area contributed by atoms with Gasteiger partial charge in [-0.1, -0.05) is 12.7 Å². The minimum Gasteiger partial charge on any atom is -0.426 e. The summed E-state index contributed by atoms with van der Waals surface area (Å²) in [6.45, 7) is 4.70. The van der Waals surface area contributed by atoms with Crippen LogP contribution in [-0.2, 0) is 19.2 Å². The van der Waals surface area contributed by atoms with E-state index < -0.39 is 17.0 Å². The van der Waals surface area contributed by atoms with Crippen LogP contribution in [-0.4, -0.2) is 36.8 Å². The van der Waals surface area contributed by atoms with Crippen LogP contribution in [0.1, 0.15) is 18.9 Å². The van der Waals surface area contributed by atoms with Gasteiger partial charge in [-0.05, 0) is 18.2 Å². The third-order valence-electron chi connectivity index (χ3n) is 2.56. The molecular weight excluding hydrogens is 322 g/mol. The van der Waals surface area contributed by atoms with Crippen molar-refractivity contribution in [3.05, 3.63) is 40.5 Å². The van der Waals surface area contributed by atoms with E-state index in [4.69, 9.17) is 14.2 Å². The summed E-state index contributed by atoms with van der Waals surface area (Å²) in [5.74, 6) is -0.435. The van der Waals surface area contributed by atoms with Crippen LogP contribution in [0.3, 0.4) is 0 Å². The molecule has 1 aromatic rings. The summed E-state index contributed by atoms with van der Waals surface area (Å²) < 4.78 is 15.1. The van der Waals surface area contributed by atoms with Crippen molar-refractivity contribution in [2.24, 2.45) is 0 Å². The number of carbonyl (C=O) groups is 2. The maximum Gasteiger partial charge on any atom is 0.313 e. The molecule has 0 saturated carbocycles. The van der Waals surface area contributed by atoms with E-state index in [0.717, 1.165) is 0 Å². The highest BCUT2D eigenvalue weighted by atomic mass is 17.0. The molecule has 0 fully saturated rings. The standard InChI is InChI=1S/C15H17NO8/c1-3-12-10-13(4-5-14(12)23-11(2)17)24-15(18)6-7-21-8-9-22-16(19)20/h3-5,10H,1,6-9H2,2H3. The van der Waals surface area contributed by atoms with E-state index in [1.807, 2.05) is 0 Å². The molecule has 130 valence electrons. The Labute approximate surface area is 137 Å². The highest BCUT2D eigenvalue weighted by molar-refractivity contribution is 5.74. The zero-order valence-electron chi connectivity index (χ0n) is 13.1. The largest absolute Gasteiger partial charge is 0.426 e. The normalized spacial score (nSPS) is 9.88. The fraction of sp³-hybridized carbons (Fsp3) is 0.333. The molecule has 1 aromatic carbocycles. The molecule has 0 aromatic heterocycles. The van der Waals surface area contributed by atoms with E-state index in [1.165, 1.54) is 31.2 Å². The average Bonchev–Trinajstić information content (AvgIpc) is 2.51. The van der Waals surface area contributed by atoms with E-state index in [2.05, 4.69) is 11.4 Å². The van der Waals surface area contributed by atoms with Gasteiger partial charge in [0.05, 0.1) is 19.6 Å². The fourth-order valence-electron chi connectivity index (χ4n) is 1.61. The van der Waals surface area contributed by atoms with Crippen LogP contribution in [0, 0.1) is 10.1 Å². The molecule has 24 heavy (non-hydrogen) atoms. The Morgan fingerprint density at radius 1 is 1.25 bits per heavy atom. The lowest BCUT2D eigenvalue weighted by molar-refractivity contribution is -0.758. The van der Waals surface area contributed by atoms with Crippen LogP contribution in [0.4, 0.5) is 0 Å². The summed E-state index contributed by atoms with van der Waals surface area (Å²) >= 11 is 0. The summed E-state index contributed by atoms with van der Waals surface area (Å²) in [4.78, 5) is 36.6. The molecule has 0 aliphatic heterocycles. The van der Waals surface area contributed by atoms with Crippen LogP contribution in [0.5, 0.6) is 11.5 Å². The molecule has 0 spiro atoms. The van der Waals surface area contributed by atoms with E-state index in [-0.39, 0.29) is 32.0 Å². The molecule has 0 aliphatic rings. The van der Waals surface area contributed by atoms with Gasteiger partial charge in [0.15, 0.2) is 0 Å². The lowest BCUT2D eigenvalue weighted by Crippen LogP contribution is -2.14. The van der Waals surface area contributed by atoms with Gasteiger partial charge >= 0.3 is 11.9 Å². The number of hydrogen-bond donors (Lipinski definition) is 0. The van der Waals surface area contributed by atoms with Crippen molar-refractivity contribution in [2.75, 3.05) is 19.8 Å². The molecule has 0 aliphatic carbocycles. The third-order valence-corrected chi connectivity index (χ3v) is 2.56. The van der Waals surface area contributed by atoms with Gasteiger partial charge in [0, 0.05) is 12.5 Å². The second kappa shape index (κ2) is 9.95. The highest BCUT2D eigenvalue weighted by Crippen LogP contribution is 2.25. The van der Waals surface area contributed by atoms with Gasteiger partial charge in [0.1, 0.15) is 18.1 Å². The van der Waals surface area contributed by atoms with Crippen molar-refractivity contribution >= 4 is 18.0 Å². The molecular formula is C15H17NO8. The monoisotopic (exact) mass is 339 g/mol. The summed E-state index contributed by atoms with van der Waals surface area (Å²) in [5, 5.41) is 8.98. The first kappa shape index (κ1) is 19.1. The van der Waals surface area contributed by atoms with Crippen molar-refractivity contribution in [3.8, 4) is 11.5 Å². The van der Waals surface area contributed by atoms with Crippen LogP contribution in [0.15, 0.2) is 24.8 Å². The highest BCUT2D eigenvalue weighted by Gasteiger charge is 2.09. The van der Waals surface area contributed by atoms with Gasteiger partial charge in [-0.2, -0.15) is 0 Å². The first-order valence-electron chi connectivity index (χ1n) is 6.93. The number of carbonyl (C=O) groups excluding carboxylic acids is 2. The summed E-state index contributed by atoms with van der Waals surface area (Å²) in [6.07, 6.45) is 1.43. The predicted molar refractivity (Wildman–Crippen MR) is 81.9 cm³/mol. The molecule has 9 nitrogen and oxygen atoms in total. The summed E-state index contributed by atoms with van der Waals surface area (Å²) in [7, 11) is 0. The average molecular weight is 339 g/mol. The first-order valence-corrected chi connectivity index (χ1v) is 6.93. The van der Waals surface area contributed by atoms with E-state index >= 15 is 0 Å². The van der Waals surface area contributed by atoms with Gasteiger partial charge in [-0.3, -0.25) is 9.59 Å². The van der Waals surface area contributed by atoms with Crippen molar-refractivity contribution in [1.29, 1.82) is 0 Å². The van der Waals surface area contributed by atoms with Crippen LogP contribution >= 0.6 is 0 Å². The number of benzene rings is 1. The predicted octanol–water partition coefficient (Wildman–Crippen LogP) is 1.78. The third kappa shape index (κ3) is 7.36. The Morgan fingerprint density at radius 3 is 2.62 bits per heavy atom. The van der Waals surface area contributed by atoms with Crippen molar-refractivity contribution in [3.63, 3.8) is 0 Å². The first-order chi connectivity index (χ1) is 11.4.